The summed E-state index contributed by atoms with van der Waals surface area (Å²) in [6, 6.07) is 0. The molecule has 2 rings (SSSR count). The minimum Gasteiger partial charge on any atom is -0.444 e. The summed E-state index contributed by atoms with van der Waals surface area (Å²) in [7, 11) is 0. The number of halogens is 1. The summed E-state index contributed by atoms with van der Waals surface area (Å²) in [5, 5.41) is 0. The minimum absolute atomic E-state index is 0.202. The molecule has 0 spiro atoms. The third-order valence-electron chi connectivity index (χ3n) is 4.87. The van der Waals surface area contributed by atoms with E-state index in [1.807, 2.05) is 25.7 Å². The molecule has 134 valence electrons. The highest BCUT2D eigenvalue weighted by Gasteiger charge is 2.41. The number of amides is 1. The molecule has 1 amide bonds. The first-order valence-corrected chi connectivity index (χ1v) is 10.5. The Morgan fingerprint density at radius 3 is 2.57 bits per heavy atom. The molecule has 0 aromatic carbocycles. The van der Waals surface area contributed by atoms with Crippen LogP contribution in [-0.4, -0.2) is 45.8 Å². The SMILES string of the molecule is CC1CCCCC1OC1(CI)CCCN(C(=O)OC(C)(C)C)C1. The highest BCUT2D eigenvalue weighted by molar-refractivity contribution is 14.1. The van der Waals surface area contributed by atoms with E-state index in [2.05, 4.69) is 29.5 Å². The van der Waals surface area contributed by atoms with E-state index in [4.69, 9.17) is 9.47 Å². The van der Waals surface area contributed by atoms with Crippen LogP contribution in [0.4, 0.5) is 4.79 Å². The molecule has 23 heavy (non-hydrogen) atoms. The Morgan fingerprint density at radius 1 is 1.26 bits per heavy atom. The average Bonchev–Trinajstić information content (AvgIpc) is 2.48. The number of rotatable bonds is 3. The molecule has 4 nitrogen and oxygen atoms in total. The van der Waals surface area contributed by atoms with Gasteiger partial charge in [-0.15, -0.1) is 0 Å². The van der Waals surface area contributed by atoms with E-state index in [9.17, 15) is 4.79 Å². The molecule has 3 unspecified atom stereocenters. The van der Waals surface area contributed by atoms with E-state index in [1.165, 1.54) is 19.3 Å². The second kappa shape index (κ2) is 7.89. The first kappa shape index (κ1) is 19.3. The van der Waals surface area contributed by atoms with E-state index in [-0.39, 0.29) is 11.7 Å². The molecule has 0 radical (unpaired) electrons. The van der Waals surface area contributed by atoms with E-state index in [0.717, 1.165) is 30.2 Å². The van der Waals surface area contributed by atoms with Crippen LogP contribution in [0.1, 0.15) is 66.2 Å². The summed E-state index contributed by atoms with van der Waals surface area (Å²) in [6.07, 6.45) is 7.18. The number of nitrogens with zero attached hydrogens (tertiary/aromatic N) is 1. The topological polar surface area (TPSA) is 38.8 Å². The lowest BCUT2D eigenvalue weighted by Crippen LogP contribution is -2.55. The Bertz CT molecular complexity index is 410. The van der Waals surface area contributed by atoms with Gasteiger partial charge in [0.05, 0.1) is 18.2 Å². The standard InChI is InChI=1S/C18H32INO3/c1-14-8-5-6-9-15(14)22-18(12-19)10-7-11-20(13-18)16(21)23-17(2,3)4/h14-15H,5-13H2,1-4H3. The maximum Gasteiger partial charge on any atom is 0.410 e. The van der Waals surface area contributed by atoms with Crippen molar-refractivity contribution in [1.29, 1.82) is 0 Å². The number of carbonyl (C=O) groups is 1. The lowest BCUT2D eigenvalue weighted by atomic mass is 9.86. The minimum atomic E-state index is -0.444. The Hall–Kier alpha value is -0.0400. The summed E-state index contributed by atoms with van der Waals surface area (Å²) >= 11 is 2.42. The molecule has 2 aliphatic rings. The fourth-order valence-electron chi connectivity index (χ4n) is 3.60. The summed E-state index contributed by atoms with van der Waals surface area (Å²) in [5.41, 5.74) is -0.647. The predicted octanol–water partition coefficient (Wildman–Crippen LogP) is 4.79. The zero-order valence-corrected chi connectivity index (χ0v) is 17.2. The van der Waals surface area contributed by atoms with E-state index in [1.54, 1.807) is 0 Å². The Morgan fingerprint density at radius 2 is 1.96 bits per heavy atom. The molecule has 5 heteroatoms. The van der Waals surface area contributed by atoms with Crippen molar-refractivity contribution in [3.63, 3.8) is 0 Å². The van der Waals surface area contributed by atoms with Crippen LogP contribution >= 0.6 is 22.6 Å². The monoisotopic (exact) mass is 437 g/mol. The van der Waals surface area contributed by atoms with Crippen LogP contribution in [0.15, 0.2) is 0 Å². The summed E-state index contributed by atoms with van der Waals surface area (Å²) < 4.78 is 13.1. The van der Waals surface area contributed by atoms with Gasteiger partial charge in [-0.1, -0.05) is 42.4 Å². The van der Waals surface area contributed by atoms with Gasteiger partial charge in [0.15, 0.2) is 0 Å². The molecule has 2 fully saturated rings. The van der Waals surface area contributed by atoms with Crippen molar-refractivity contribution in [2.75, 3.05) is 17.5 Å². The Balaban J connectivity index is 2.01. The zero-order valence-electron chi connectivity index (χ0n) is 15.1. The van der Waals surface area contributed by atoms with E-state index in [0.29, 0.717) is 18.6 Å². The summed E-state index contributed by atoms with van der Waals surface area (Å²) in [5.74, 6) is 0.625. The lowest BCUT2D eigenvalue weighted by molar-refractivity contribution is -0.135. The number of ether oxygens (including phenoxy) is 2. The van der Waals surface area contributed by atoms with Crippen molar-refractivity contribution < 1.29 is 14.3 Å². The van der Waals surface area contributed by atoms with Gasteiger partial charge in [-0.2, -0.15) is 0 Å². The largest absolute Gasteiger partial charge is 0.444 e. The number of hydrogen-bond acceptors (Lipinski definition) is 3. The molecular formula is C18H32INO3. The smallest absolute Gasteiger partial charge is 0.410 e. The van der Waals surface area contributed by atoms with Crippen LogP contribution in [0.25, 0.3) is 0 Å². The van der Waals surface area contributed by atoms with Crippen molar-refractivity contribution in [1.82, 2.24) is 4.90 Å². The second-order valence-corrected chi connectivity index (χ2v) is 9.00. The van der Waals surface area contributed by atoms with Gasteiger partial charge >= 0.3 is 6.09 Å². The van der Waals surface area contributed by atoms with Crippen LogP contribution in [0.3, 0.4) is 0 Å². The zero-order chi connectivity index (χ0) is 17.1. The van der Waals surface area contributed by atoms with Crippen molar-refractivity contribution in [2.45, 2.75) is 83.5 Å². The summed E-state index contributed by atoms with van der Waals surface area (Å²) in [4.78, 5) is 14.3. The van der Waals surface area contributed by atoms with Gasteiger partial charge in [-0.3, -0.25) is 0 Å². The normalized spacial score (nSPS) is 32.7. The molecular weight excluding hydrogens is 405 g/mol. The van der Waals surface area contributed by atoms with E-state index >= 15 is 0 Å². The quantitative estimate of drug-likeness (QED) is 0.471. The number of hydrogen-bond donors (Lipinski definition) is 0. The van der Waals surface area contributed by atoms with Crippen molar-refractivity contribution in [2.24, 2.45) is 5.92 Å². The molecule has 0 aromatic heterocycles. The Labute approximate surface area is 154 Å². The molecule has 3 atom stereocenters. The van der Waals surface area contributed by atoms with Gasteiger partial charge in [0, 0.05) is 11.0 Å². The maximum absolute atomic E-state index is 12.4. The highest BCUT2D eigenvalue weighted by atomic mass is 127. The first-order valence-electron chi connectivity index (χ1n) is 8.96. The Kier molecular flexibility index (Phi) is 6.62. The van der Waals surface area contributed by atoms with Gasteiger partial charge < -0.3 is 14.4 Å². The van der Waals surface area contributed by atoms with Crippen molar-refractivity contribution in [3.8, 4) is 0 Å². The molecule has 1 saturated carbocycles. The third-order valence-corrected chi connectivity index (χ3v) is 6.26. The number of alkyl halides is 1. The number of likely N-dealkylation sites (tertiary alicyclic amines) is 1. The van der Waals surface area contributed by atoms with Gasteiger partial charge in [-0.05, 0) is 52.4 Å². The molecule has 1 aliphatic carbocycles. The number of piperidine rings is 1. The van der Waals surface area contributed by atoms with Gasteiger partial charge in [0.1, 0.15) is 5.60 Å². The maximum atomic E-state index is 12.4. The molecule has 0 N–H and O–H groups in total. The van der Waals surface area contributed by atoms with Gasteiger partial charge in [0.25, 0.3) is 0 Å². The summed E-state index contributed by atoms with van der Waals surface area (Å²) in [6.45, 7) is 9.49. The van der Waals surface area contributed by atoms with Crippen LogP contribution in [0.2, 0.25) is 0 Å². The van der Waals surface area contributed by atoms with Gasteiger partial charge in [0.2, 0.25) is 0 Å². The first-order chi connectivity index (χ1) is 10.7. The average molecular weight is 437 g/mol. The highest BCUT2D eigenvalue weighted by Crippen LogP contribution is 2.35. The predicted molar refractivity (Wildman–Crippen MR) is 101 cm³/mol. The van der Waals surface area contributed by atoms with Crippen LogP contribution in [0.5, 0.6) is 0 Å². The molecule has 1 saturated heterocycles. The van der Waals surface area contributed by atoms with Crippen molar-refractivity contribution in [3.05, 3.63) is 0 Å². The molecule has 1 aliphatic heterocycles. The lowest BCUT2D eigenvalue weighted by Gasteiger charge is -2.45. The van der Waals surface area contributed by atoms with Gasteiger partial charge in [-0.25, -0.2) is 4.79 Å². The van der Waals surface area contributed by atoms with E-state index < -0.39 is 5.60 Å². The second-order valence-electron chi connectivity index (χ2n) is 8.24. The third kappa shape index (κ3) is 5.48. The molecule has 0 aromatic rings. The fourth-order valence-corrected chi connectivity index (χ4v) is 4.40. The van der Waals surface area contributed by atoms with Crippen LogP contribution < -0.4 is 0 Å². The van der Waals surface area contributed by atoms with Crippen LogP contribution in [-0.2, 0) is 9.47 Å². The van der Waals surface area contributed by atoms with Crippen molar-refractivity contribution >= 4 is 28.7 Å². The van der Waals surface area contributed by atoms with Crippen LogP contribution in [0, 0.1) is 5.92 Å². The fraction of sp³-hybridized carbons (Fsp3) is 0.944. The molecule has 1 heterocycles. The molecule has 0 bridgehead atoms. The number of carbonyl (C=O) groups excluding carboxylic acids is 1.